The molecule has 4 aromatic carbocycles. The Kier molecular flexibility index (Phi) is 14.1. The number of hydrogen-bond acceptors (Lipinski definition) is 20. The summed E-state index contributed by atoms with van der Waals surface area (Å²) in [6.45, 7) is -0.635. The fourth-order valence-corrected chi connectivity index (χ4v) is 18.1. The highest BCUT2D eigenvalue weighted by Gasteiger charge is 2.46. The molecule has 6 aromatic rings. The number of sulfonamides is 4. The number of rotatable bonds is 17. The zero-order chi connectivity index (χ0) is 56.6. The molecule has 4 amide bonds. The van der Waals surface area contributed by atoms with Crippen molar-refractivity contribution in [3.8, 4) is 45.0 Å². The fraction of sp³-hybridized carbons (Fsp3) is 0.349. The van der Waals surface area contributed by atoms with Gasteiger partial charge in [-0.05, 0) is 108 Å². The number of aromatic nitrogens is 8. The van der Waals surface area contributed by atoms with Crippen LogP contribution >= 0.6 is 0 Å². The van der Waals surface area contributed by atoms with E-state index in [0.29, 0.717) is 48.2 Å². The molecule has 4 heterocycles. The Morgan fingerprint density at radius 2 is 0.886 bits per heavy atom. The van der Waals surface area contributed by atoms with Crippen molar-refractivity contribution < 1.29 is 60.1 Å². The average molecular weight is 1210 g/mol. The van der Waals surface area contributed by atoms with Gasteiger partial charge in [0.05, 0.1) is 31.4 Å². The van der Waals surface area contributed by atoms with Crippen molar-refractivity contribution in [1.29, 1.82) is 0 Å². The SMILES string of the molecule is NC(=O)N1CC(S(=O)(=O)c2ccc(-c3ccc(NS(=O)(=O)C4CC4)cc3)c(-c3nn[nH]n3)c2S(N)(=O)=O)C1.NS(=O)(=O)c1c(S(=O)(=O)C2CN(C(=O)NC3CC3)C2)ccc(-c2ccc(NS(=O)(=O)C3CC3)cc2)c1-c1nn[nH]n1. The van der Waals surface area contributed by atoms with Gasteiger partial charge in [0.2, 0.25) is 51.7 Å². The van der Waals surface area contributed by atoms with Gasteiger partial charge < -0.3 is 20.9 Å². The van der Waals surface area contributed by atoms with E-state index in [4.69, 9.17) is 16.0 Å². The molecule has 2 aliphatic heterocycles. The van der Waals surface area contributed by atoms with E-state index >= 15 is 0 Å². The number of H-pyrrole nitrogens is 2. The van der Waals surface area contributed by atoms with E-state index < -0.39 is 106 Å². The molecule has 11 rings (SSSR count). The van der Waals surface area contributed by atoms with Crippen LogP contribution in [0.3, 0.4) is 0 Å². The van der Waals surface area contributed by atoms with Crippen LogP contribution in [0, 0.1) is 0 Å². The van der Waals surface area contributed by atoms with Gasteiger partial charge >= 0.3 is 12.1 Å². The van der Waals surface area contributed by atoms with E-state index in [9.17, 15) is 60.1 Å². The lowest BCUT2D eigenvalue weighted by Crippen LogP contribution is -2.59. The highest BCUT2D eigenvalue weighted by Crippen LogP contribution is 2.43. The number of nitrogens with two attached hydrogens (primary N) is 3. The predicted molar refractivity (Wildman–Crippen MR) is 280 cm³/mol. The van der Waals surface area contributed by atoms with Crippen molar-refractivity contribution in [2.75, 3.05) is 35.6 Å². The Balaban J connectivity index is 0.000000179. The zero-order valence-corrected chi connectivity index (χ0v) is 45.8. The molecule has 11 N–H and O–H groups in total. The summed E-state index contributed by atoms with van der Waals surface area (Å²) in [6.07, 6.45) is 4.13. The van der Waals surface area contributed by atoms with E-state index in [2.05, 4.69) is 56.0 Å². The van der Waals surface area contributed by atoms with Gasteiger partial charge in [0.25, 0.3) is 0 Å². The maximum atomic E-state index is 13.7. The first-order valence-corrected chi connectivity index (χ1v) is 33.1. The van der Waals surface area contributed by atoms with Gasteiger partial charge in [-0.15, -0.1) is 20.4 Å². The summed E-state index contributed by atoms with van der Waals surface area (Å²) in [7, 11) is -24.9. The average Bonchev–Trinajstić information content (AvgIpc) is 4.39. The van der Waals surface area contributed by atoms with Gasteiger partial charge in [-0.3, -0.25) is 9.44 Å². The minimum atomic E-state index is -4.68. The van der Waals surface area contributed by atoms with Crippen LogP contribution in [0.1, 0.15) is 38.5 Å². The maximum Gasteiger partial charge on any atom is 0.317 e. The molecule has 0 bridgehead atoms. The van der Waals surface area contributed by atoms with Crippen LogP contribution < -0.4 is 30.8 Å². The minimum absolute atomic E-state index is 0.102. The standard InChI is InChI=1S/C23H26N8O7S3.C20H22N8O7S3/c24-40(35,36)21-19(39(33,34)17-11-31(12-17)23(32)25-14-5-6-14)10-9-18(20(21)22-26-29-30-27-22)13-1-3-15(4-2-13)28-41(37,38)16-7-8-16;21-20(29)28-9-14(10-28)36(30,31)16-8-7-15(17(18(16)37(22,32)33)19-23-26-27-24-19)11-1-3-12(4-2-11)25-38(34,35)13-5-6-13/h1-4,9-10,14,16-17,28H,5-8,11-12H2,(H,25,32)(H2,24,35,36)(H,26,27,29,30);1-4,7-8,13-14,25H,5-6,9-10H2,(H2,21,29)(H2,22,32,33)(H,23,24,26,27). The first kappa shape index (κ1) is 55.1. The van der Waals surface area contributed by atoms with Crippen LogP contribution in [0.15, 0.2) is 92.4 Å². The Morgan fingerprint density at radius 1 is 0.506 bits per heavy atom. The van der Waals surface area contributed by atoms with Gasteiger partial charge in [-0.2, -0.15) is 10.4 Å². The number of aromatic amines is 2. The number of carbonyl (C=O) groups is 2. The van der Waals surface area contributed by atoms with E-state index in [-0.39, 0.29) is 72.2 Å². The number of tetrazole rings is 2. The summed E-state index contributed by atoms with van der Waals surface area (Å²) in [4.78, 5) is 23.5. The van der Waals surface area contributed by atoms with Crippen molar-refractivity contribution in [3.63, 3.8) is 0 Å². The molecule has 2 aromatic heterocycles. The van der Waals surface area contributed by atoms with E-state index in [0.717, 1.165) is 29.9 Å². The molecule has 0 atom stereocenters. The number of nitrogens with zero attached hydrogens (tertiary/aromatic N) is 8. The molecule has 0 unspecified atom stereocenters. The lowest BCUT2D eigenvalue weighted by Gasteiger charge is -2.38. The molecule has 36 heteroatoms. The molecule has 3 aliphatic carbocycles. The number of benzene rings is 4. The lowest BCUT2D eigenvalue weighted by atomic mass is 9.99. The summed E-state index contributed by atoms with van der Waals surface area (Å²) in [6, 6.07) is 16.1. The van der Waals surface area contributed by atoms with Crippen LogP contribution in [-0.2, 0) is 59.8 Å². The lowest BCUT2D eigenvalue weighted by molar-refractivity contribution is 0.168. The van der Waals surface area contributed by atoms with Gasteiger partial charge in [-0.25, -0.2) is 70.4 Å². The number of sulfone groups is 2. The van der Waals surface area contributed by atoms with Crippen LogP contribution in [0.5, 0.6) is 0 Å². The third kappa shape index (κ3) is 11.3. The van der Waals surface area contributed by atoms with Crippen molar-refractivity contribution in [2.24, 2.45) is 16.0 Å². The third-order valence-electron chi connectivity index (χ3n) is 13.5. The topological polar surface area (TPSA) is 469 Å². The van der Waals surface area contributed by atoms with Crippen LogP contribution in [0.2, 0.25) is 0 Å². The number of likely N-dealkylation sites (tertiary alicyclic amines) is 2. The third-order valence-corrected chi connectivity index (χ3v) is 23.7. The number of hydrogen-bond donors (Lipinski definition) is 8. The second-order valence-electron chi connectivity index (χ2n) is 19.2. The number of primary sulfonamides is 2. The summed E-state index contributed by atoms with van der Waals surface area (Å²) in [5.74, 6) is -0.439. The first-order chi connectivity index (χ1) is 37.1. The summed E-state index contributed by atoms with van der Waals surface area (Å²) in [5.41, 5.74) is 6.66. The molecule has 0 spiro atoms. The Bertz CT molecular complexity index is 4100. The van der Waals surface area contributed by atoms with Gasteiger partial charge in [-0.1, -0.05) is 36.4 Å². The number of nitrogens with one attached hydrogen (secondary N) is 5. The number of anilines is 2. The van der Waals surface area contributed by atoms with E-state index in [1.165, 1.54) is 53.4 Å². The predicted octanol–water partition coefficient (Wildman–Crippen LogP) is 0.0369. The fourth-order valence-electron chi connectivity index (χ4n) is 8.76. The maximum absolute atomic E-state index is 13.7. The molecule has 420 valence electrons. The van der Waals surface area contributed by atoms with Crippen LogP contribution in [0.4, 0.5) is 21.0 Å². The minimum Gasteiger partial charge on any atom is -0.351 e. The number of primary amides is 1. The quantitative estimate of drug-likeness (QED) is 0.0597. The second kappa shape index (κ2) is 20.2. The van der Waals surface area contributed by atoms with Crippen LogP contribution in [-0.4, -0.2) is 167 Å². The summed E-state index contributed by atoms with van der Waals surface area (Å²) >= 11 is 0. The number of amides is 4. The highest BCUT2D eigenvalue weighted by molar-refractivity contribution is 7.95. The summed E-state index contributed by atoms with van der Waals surface area (Å²) in [5, 5.41) is 37.8. The summed E-state index contributed by atoms with van der Waals surface area (Å²) < 4.78 is 160. The second-order valence-corrected chi connectivity index (χ2v) is 30.6. The Morgan fingerprint density at radius 3 is 1.20 bits per heavy atom. The first-order valence-electron chi connectivity index (χ1n) is 23.8. The smallest absolute Gasteiger partial charge is 0.317 e. The molecule has 3 saturated carbocycles. The Hall–Kier alpha value is -7.22. The largest absolute Gasteiger partial charge is 0.351 e. The molecule has 79 heavy (non-hydrogen) atoms. The monoisotopic (exact) mass is 1200 g/mol. The Labute approximate surface area is 451 Å². The van der Waals surface area contributed by atoms with Crippen molar-refractivity contribution in [3.05, 3.63) is 72.8 Å². The molecule has 2 saturated heterocycles. The number of urea groups is 2. The van der Waals surface area contributed by atoms with Crippen molar-refractivity contribution in [2.45, 2.75) is 85.1 Å². The highest BCUT2D eigenvalue weighted by atomic mass is 32.2. The number of carbonyl (C=O) groups excluding carboxylic acids is 2. The van der Waals surface area contributed by atoms with Crippen LogP contribution in [0.25, 0.3) is 45.0 Å². The van der Waals surface area contributed by atoms with Crippen molar-refractivity contribution >= 4 is 83.2 Å². The molecule has 30 nitrogen and oxygen atoms in total. The zero-order valence-electron chi connectivity index (χ0n) is 40.9. The van der Waals surface area contributed by atoms with Gasteiger partial charge in [0, 0.05) is 43.6 Å². The van der Waals surface area contributed by atoms with Gasteiger partial charge in [0.1, 0.15) is 20.3 Å². The molecular formula is C43H48N16O14S6. The normalized spacial score (nSPS) is 17.4. The molecule has 5 fully saturated rings. The van der Waals surface area contributed by atoms with Gasteiger partial charge in [0.15, 0.2) is 19.7 Å². The molecule has 0 radical (unpaired) electrons. The molecular weight excluding hydrogens is 1160 g/mol. The van der Waals surface area contributed by atoms with E-state index in [1.54, 1.807) is 12.1 Å². The van der Waals surface area contributed by atoms with E-state index in [1.807, 2.05) is 0 Å². The van der Waals surface area contributed by atoms with Crippen molar-refractivity contribution in [1.82, 2.24) is 56.4 Å². The molecule has 5 aliphatic rings.